The Labute approximate surface area is 203 Å². The van der Waals surface area contributed by atoms with E-state index in [1.165, 1.54) is 5.56 Å². The van der Waals surface area contributed by atoms with Gasteiger partial charge in [-0.3, -0.25) is 14.6 Å². The molecule has 8 heteroatoms. The molecule has 3 fully saturated rings. The highest BCUT2D eigenvalue weighted by molar-refractivity contribution is 5.76. The van der Waals surface area contributed by atoms with E-state index in [1.54, 1.807) is 0 Å². The first-order chi connectivity index (χ1) is 16.7. The van der Waals surface area contributed by atoms with Crippen LogP contribution in [0.3, 0.4) is 0 Å². The predicted molar refractivity (Wildman–Crippen MR) is 130 cm³/mol. The van der Waals surface area contributed by atoms with Crippen molar-refractivity contribution in [3.63, 3.8) is 0 Å². The average Bonchev–Trinajstić information content (AvgIpc) is 2.85. The molecule has 0 saturated carbocycles. The molecule has 0 aliphatic carbocycles. The number of β-amino-alcohol motifs (C(OH)–C–C–N with tert-alkyl or cyclic N) is 1. The zero-order chi connectivity index (χ0) is 23.6. The Kier molecular flexibility index (Phi) is 10.2. The second-order valence-corrected chi connectivity index (χ2v) is 9.72. The van der Waals surface area contributed by atoms with E-state index < -0.39 is 6.10 Å². The van der Waals surface area contributed by atoms with Crippen LogP contribution in [-0.2, 0) is 25.4 Å². The van der Waals surface area contributed by atoms with Gasteiger partial charge in [0.25, 0.3) is 0 Å². The van der Waals surface area contributed by atoms with Crippen LogP contribution in [-0.4, -0.2) is 111 Å². The van der Waals surface area contributed by atoms with Crippen LogP contribution in [0.25, 0.3) is 0 Å². The minimum Gasteiger partial charge on any atom is -0.389 e. The number of fused-ring (bicyclic) bond motifs is 1. The lowest BCUT2D eigenvalue weighted by molar-refractivity contribution is -0.156. The maximum atomic E-state index is 12.5. The molecule has 4 rings (SSSR count). The van der Waals surface area contributed by atoms with Gasteiger partial charge in [-0.2, -0.15) is 0 Å². The number of aliphatic hydroxyl groups excluding tert-OH is 1. The summed E-state index contributed by atoms with van der Waals surface area (Å²) in [6, 6.07) is 10.7. The number of aliphatic hydroxyl groups is 1. The molecule has 3 heterocycles. The SMILES string of the molecule is O=C(C[C@H]1CC[C@@H]2[C@H](COC[C@@H](O)CN2CCc2ccccc2)O1)NCCCN1CCOCC1. The Bertz CT molecular complexity index is 730. The average molecular weight is 476 g/mol. The third-order valence-electron chi connectivity index (χ3n) is 7.11. The molecule has 0 bridgehead atoms. The molecule has 1 aromatic carbocycles. The summed E-state index contributed by atoms with van der Waals surface area (Å²) in [5, 5.41) is 13.4. The van der Waals surface area contributed by atoms with E-state index in [9.17, 15) is 9.90 Å². The highest BCUT2D eigenvalue weighted by Gasteiger charge is 2.37. The molecule has 3 saturated heterocycles. The fraction of sp³-hybridized carbons (Fsp3) is 0.731. The number of carbonyl (C=O) groups is 1. The fourth-order valence-corrected chi connectivity index (χ4v) is 5.25. The van der Waals surface area contributed by atoms with E-state index in [0.717, 1.165) is 65.1 Å². The Balaban J connectivity index is 1.22. The Hall–Kier alpha value is -1.55. The van der Waals surface area contributed by atoms with Crippen molar-refractivity contribution < 1.29 is 24.1 Å². The van der Waals surface area contributed by atoms with E-state index in [4.69, 9.17) is 14.2 Å². The van der Waals surface area contributed by atoms with Gasteiger partial charge in [0.2, 0.25) is 5.91 Å². The number of rotatable bonds is 9. The Morgan fingerprint density at radius 2 is 1.88 bits per heavy atom. The van der Waals surface area contributed by atoms with Gasteiger partial charge in [0.1, 0.15) is 0 Å². The van der Waals surface area contributed by atoms with Crippen LogP contribution in [0.5, 0.6) is 0 Å². The van der Waals surface area contributed by atoms with Gasteiger partial charge in [-0.25, -0.2) is 0 Å². The number of hydrogen-bond donors (Lipinski definition) is 2. The standard InChI is InChI=1S/C26H41N3O5/c30-22-18-29(12-9-21-5-2-1-3-6-21)24-8-7-23(34-25(24)20-33-19-22)17-26(31)27-10-4-11-28-13-15-32-16-14-28/h1-3,5-6,22-25,30H,4,7-20H2,(H,27,31)/t22-,23+,24+,25-/m0/s1. The summed E-state index contributed by atoms with van der Waals surface area (Å²) in [6.45, 7) is 7.51. The van der Waals surface area contributed by atoms with Gasteiger partial charge in [-0.05, 0) is 37.8 Å². The number of carbonyl (C=O) groups excluding carboxylic acids is 1. The monoisotopic (exact) mass is 475 g/mol. The lowest BCUT2D eigenvalue weighted by Gasteiger charge is -2.44. The lowest BCUT2D eigenvalue weighted by Crippen LogP contribution is -2.56. The first-order valence-electron chi connectivity index (χ1n) is 12.9. The minimum absolute atomic E-state index is 0.0635. The molecular weight excluding hydrogens is 434 g/mol. The molecule has 0 radical (unpaired) electrons. The van der Waals surface area contributed by atoms with Crippen molar-refractivity contribution in [2.45, 2.75) is 56.5 Å². The van der Waals surface area contributed by atoms with E-state index in [0.29, 0.717) is 32.7 Å². The summed E-state index contributed by atoms with van der Waals surface area (Å²) in [5.74, 6) is 0.0635. The molecule has 190 valence electrons. The third-order valence-corrected chi connectivity index (χ3v) is 7.11. The van der Waals surface area contributed by atoms with Crippen LogP contribution in [0.1, 0.15) is 31.2 Å². The zero-order valence-electron chi connectivity index (χ0n) is 20.3. The number of amides is 1. The van der Waals surface area contributed by atoms with Crippen molar-refractivity contribution in [1.29, 1.82) is 0 Å². The predicted octanol–water partition coefficient (Wildman–Crippen LogP) is 1.07. The van der Waals surface area contributed by atoms with Crippen molar-refractivity contribution in [2.75, 3.05) is 65.7 Å². The van der Waals surface area contributed by atoms with Gasteiger partial charge >= 0.3 is 0 Å². The topological polar surface area (TPSA) is 83.5 Å². The maximum Gasteiger partial charge on any atom is 0.222 e. The number of hydrogen-bond acceptors (Lipinski definition) is 7. The molecule has 34 heavy (non-hydrogen) atoms. The quantitative estimate of drug-likeness (QED) is 0.517. The zero-order valence-corrected chi connectivity index (χ0v) is 20.3. The Morgan fingerprint density at radius 3 is 2.71 bits per heavy atom. The summed E-state index contributed by atoms with van der Waals surface area (Å²) in [7, 11) is 0. The molecule has 3 aliphatic rings. The third kappa shape index (κ3) is 8.00. The van der Waals surface area contributed by atoms with Gasteiger partial charge in [0, 0.05) is 38.8 Å². The summed E-state index contributed by atoms with van der Waals surface area (Å²) in [4.78, 5) is 17.3. The van der Waals surface area contributed by atoms with E-state index in [1.807, 2.05) is 6.07 Å². The molecule has 2 N–H and O–H groups in total. The molecule has 4 atom stereocenters. The first-order valence-corrected chi connectivity index (χ1v) is 12.9. The number of benzene rings is 1. The highest BCUT2D eigenvalue weighted by Crippen LogP contribution is 2.28. The van der Waals surface area contributed by atoms with Gasteiger partial charge in [-0.1, -0.05) is 30.3 Å². The van der Waals surface area contributed by atoms with Crippen molar-refractivity contribution in [2.24, 2.45) is 0 Å². The molecule has 0 unspecified atom stereocenters. The molecule has 0 aromatic heterocycles. The van der Waals surface area contributed by atoms with Crippen molar-refractivity contribution in [3.8, 4) is 0 Å². The van der Waals surface area contributed by atoms with Crippen LogP contribution >= 0.6 is 0 Å². The van der Waals surface area contributed by atoms with Crippen LogP contribution in [0, 0.1) is 0 Å². The van der Waals surface area contributed by atoms with Crippen molar-refractivity contribution in [3.05, 3.63) is 35.9 Å². The minimum atomic E-state index is -0.488. The molecule has 0 spiro atoms. The largest absolute Gasteiger partial charge is 0.389 e. The van der Waals surface area contributed by atoms with Crippen LogP contribution in [0.2, 0.25) is 0 Å². The van der Waals surface area contributed by atoms with E-state index in [2.05, 4.69) is 39.4 Å². The second kappa shape index (κ2) is 13.5. The molecular formula is C26H41N3O5. The van der Waals surface area contributed by atoms with Crippen LogP contribution < -0.4 is 5.32 Å². The van der Waals surface area contributed by atoms with E-state index >= 15 is 0 Å². The summed E-state index contributed by atoms with van der Waals surface area (Å²) < 4.78 is 17.5. The second-order valence-electron chi connectivity index (χ2n) is 9.72. The smallest absolute Gasteiger partial charge is 0.222 e. The number of nitrogens with one attached hydrogen (secondary N) is 1. The summed E-state index contributed by atoms with van der Waals surface area (Å²) in [5.41, 5.74) is 1.30. The number of morpholine rings is 1. The summed E-state index contributed by atoms with van der Waals surface area (Å²) in [6.07, 6.45) is 3.44. The van der Waals surface area contributed by atoms with Gasteiger partial charge in [0.05, 0.1) is 51.2 Å². The van der Waals surface area contributed by atoms with Crippen molar-refractivity contribution in [1.82, 2.24) is 15.1 Å². The van der Waals surface area contributed by atoms with Crippen LogP contribution in [0.15, 0.2) is 30.3 Å². The summed E-state index contributed by atoms with van der Waals surface area (Å²) >= 11 is 0. The number of ether oxygens (including phenoxy) is 3. The lowest BCUT2D eigenvalue weighted by atomic mass is 9.94. The maximum absolute atomic E-state index is 12.5. The van der Waals surface area contributed by atoms with Crippen LogP contribution in [0.4, 0.5) is 0 Å². The number of nitrogens with zero attached hydrogens (tertiary/aromatic N) is 2. The fourth-order valence-electron chi connectivity index (χ4n) is 5.25. The van der Waals surface area contributed by atoms with Gasteiger partial charge < -0.3 is 24.6 Å². The van der Waals surface area contributed by atoms with Gasteiger partial charge in [-0.15, -0.1) is 0 Å². The highest BCUT2D eigenvalue weighted by atomic mass is 16.5. The molecule has 8 nitrogen and oxygen atoms in total. The molecule has 1 amide bonds. The Morgan fingerprint density at radius 1 is 1.06 bits per heavy atom. The van der Waals surface area contributed by atoms with E-state index in [-0.39, 0.29) is 24.2 Å². The molecule has 3 aliphatic heterocycles. The normalized spacial score (nSPS) is 29.1. The first kappa shape index (κ1) is 25.5. The molecule has 1 aromatic rings. The van der Waals surface area contributed by atoms with Gasteiger partial charge in [0.15, 0.2) is 0 Å². The van der Waals surface area contributed by atoms with Crippen molar-refractivity contribution >= 4 is 5.91 Å².